The Morgan fingerprint density at radius 1 is 1.08 bits per heavy atom. The number of nitrogens with one attached hydrogen (secondary N) is 1. The molecule has 15 nitrogen and oxygen atoms in total. The van der Waals surface area contributed by atoms with Crippen molar-refractivity contribution in [2.24, 2.45) is 17.2 Å². The van der Waals surface area contributed by atoms with Crippen LogP contribution in [0.3, 0.4) is 0 Å². The van der Waals surface area contributed by atoms with Crippen molar-refractivity contribution in [2.75, 3.05) is 39.5 Å². The maximum Gasteiger partial charge on any atom is 0.185 e. The summed E-state index contributed by atoms with van der Waals surface area (Å²) in [5, 5.41) is 71.6. The zero-order chi connectivity index (χ0) is 28.1. The summed E-state index contributed by atoms with van der Waals surface area (Å²) in [6.07, 6.45) is -5.43. The molecule has 1 saturated heterocycles. The summed E-state index contributed by atoms with van der Waals surface area (Å²) < 4.78 is 22.2. The van der Waals surface area contributed by atoms with Crippen molar-refractivity contribution in [1.82, 2.24) is 5.32 Å². The molecule has 37 heavy (non-hydrogen) atoms. The van der Waals surface area contributed by atoms with Crippen molar-refractivity contribution < 1.29 is 54.7 Å². The van der Waals surface area contributed by atoms with E-state index in [4.69, 9.17) is 47.7 Å². The van der Waals surface area contributed by atoms with E-state index >= 15 is 0 Å². The average molecular weight is 541 g/mol. The van der Waals surface area contributed by atoms with Crippen LogP contribution in [0, 0.1) is 12.3 Å². The Balaban J connectivity index is 2.84. The first-order valence-corrected chi connectivity index (χ1v) is 12.0. The molecule has 0 aromatic heterocycles. The molecular weight excluding hydrogens is 496 g/mol. The Morgan fingerprint density at radius 2 is 1.73 bits per heavy atom. The fourth-order valence-corrected chi connectivity index (χ4v) is 3.66. The van der Waals surface area contributed by atoms with Crippen molar-refractivity contribution in [3.63, 3.8) is 0 Å². The summed E-state index contributed by atoms with van der Waals surface area (Å²) in [7, 11) is 0. The summed E-state index contributed by atoms with van der Waals surface area (Å²) >= 11 is 0. The lowest BCUT2D eigenvalue weighted by atomic mass is 9.97. The van der Waals surface area contributed by atoms with E-state index in [9.17, 15) is 30.6 Å². The maximum atomic E-state index is 10.3. The van der Waals surface area contributed by atoms with Crippen LogP contribution in [0.2, 0.25) is 0 Å². The van der Waals surface area contributed by atoms with Crippen LogP contribution in [0.25, 0.3) is 0 Å². The van der Waals surface area contributed by atoms with E-state index in [1.54, 1.807) is 0 Å². The van der Waals surface area contributed by atoms with Crippen molar-refractivity contribution >= 4 is 0 Å². The lowest BCUT2D eigenvalue weighted by Crippen LogP contribution is -2.63. The van der Waals surface area contributed by atoms with E-state index < -0.39 is 93.3 Å². The van der Waals surface area contributed by atoms with Gasteiger partial charge in [0, 0.05) is 18.6 Å². The third kappa shape index (κ3) is 10.6. The molecule has 1 rings (SSSR count). The molecule has 1 fully saturated rings. The quantitative estimate of drug-likeness (QED) is 0.0570. The SMILES string of the molecule is C#CCN[C@@H](COC1O[C@H](CO)[C@@H](O)C(N)[C@H]1O)CC(N)[C@H](CO)O[C@@H](OC(CN)[C@@H](O)CO)[C@H](C)O. The van der Waals surface area contributed by atoms with Crippen LogP contribution >= 0.6 is 0 Å². The third-order valence-corrected chi connectivity index (χ3v) is 5.97. The standard InChI is InChI=1S/C22H44N4O11/c1-3-4-26-12(10-34-22-20(33)18(25)19(32)17(9-29)37-22)5-13(24)16(8-28)36-21(11(2)30)35-15(6-23)14(31)7-27/h1,11-22,26-33H,4-10,23-25H2,2H3/t11-,12+,13?,14-,15?,16-,17+,18?,19+,20+,21+,22?/m0/s1. The zero-order valence-electron chi connectivity index (χ0n) is 21.0. The molecule has 14 N–H and O–H groups in total. The summed E-state index contributed by atoms with van der Waals surface area (Å²) in [6.45, 7) is -0.479. The number of rotatable bonds is 18. The van der Waals surface area contributed by atoms with Gasteiger partial charge >= 0.3 is 0 Å². The second-order valence-electron chi connectivity index (χ2n) is 8.93. The second-order valence-corrected chi connectivity index (χ2v) is 8.93. The molecule has 0 aliphatic carbocycles. The molecule has 15 heteroatoms. The highest BCUT2D eigenvalue weighted by Crippen LogP contribution is 2.21. The van der Waals surface area contributed by atoms with Gasteiger partial charge in [0.05, 0.1) is 45.1 Å². The van der Waals surface area contributed by atoms with Crippen LogP contribution in [0.1, 0.15) is 13.3 Å². The first-order valence-electron chi connectivity index (χ1n) is 12.0. The van der Waals surface area contributed by atoms with E-state index in [0.29, 0.717) is 0 Å². The molecule has 0 bridgehead atoms. The molecule has 0 aromatic carbocycles. The van der Waals surface area contributed by atoms with E-state index in [1.807, 2.05) is 0 Å². The number of nitrogens with two attached hydrogens (primary N) is 3. The molecule has 0 aromatic rings. The highest BCUT2D eigenvalue weighted by molar-refractivity contribution is 4.93. The van der Waals surface area contributed by atoms with Crippen molar-refractivity contribution in [3.8, 4) is 12.3 Å². The average Bonchev–Trinajstić information content (AvgIpc) is 2.89. The highest BCUT2D eigenvalue weighted by Gasteiger charge is 2.43. The summed E-state index contributed by atoms with van der Waals surface area (Å²) in [5.74, 6) is 2.42. The smallest absolute Gasteiger partial charge is 0.185 e. The van der Waals surface area contributed by atoms with Gasteiger partial charge in [-0.3, -0.25) is 0 Å². The van der Waals surface area contributed by atoms with Crippen molar-refractivity contribution in [2.45, 2.75) is 86.8 Å². The molecule has 1 aliphatic heterocycles. The molecule has 0 radical (unpaired) electrons. The predicted molar refractivity (Wildman–Crippen MR) is 129 cm³/mol. The van der Waals surface area contributed by atoms with Gasteiger partial charge in [0.25, 0.3) is 0 Å². The first-order chi connectivity index (χ1) is 17.5. The maximum absolute atomic E-state index is 10.3. The van der Waals surface area contributed by atoms with Gasteiger partial charge in [-0.05, 0) is 13.3 Å². The topological polar surface area (TPSA) is 269 Å². The number of ether oxygens (including phenoxy) is 4. The Kier molecular flexibility index (Phi) is 16.1. The minimum Gasteiger partial charge on any atom is -0.394 e. The number of hydrogen-bond acceptors (Lipinski definition) is 15. The number of terminal acetylenes is 1. The van der Waals surface area contributed by atoms with Gasteiger partial charge in [0.2, 0.25) is 0 Å². The molecule has 1 heterocycles. The van der Waals surface area contributed by atoms with Crippen LogP contribution in [-0.4, -0.2) is 149 Å². The summed E-state index contributed by atoms with van der Waals surface area (Å²) in [4.78, 5) is 0. The Hall–Kier alpha value is -1.04. The molecule has 4 unspecified atom stereocenters. The highest BCUT2D eigenvalue weighted by atomic mass is 16.7. The number of aliphatic hydroxyl groups is 7. The van der Waals surface area contributed by atoms with Gasteiger partial charge < -0.3 is 77.2 Å². The fraction of sp³-hybridized carbons (Fsp3) is 0.909. The van der Waals surface area contributed by atoms with Gasteiger partial charge in [-0.2, -0.15) is 0 Å². The van der Waals surface area contributed by atoms with Crippen LogP contribution in [0.4, 0.5) is 0 Å². The molecule has 0 amide bonds. The second kappa shape index (κ2) is 17.5. The summed E-state index contributed by atoms with van der Waals surface area (Å²) in [6, 6.07) is -2.49. The van der Waals surface area contributed by atoms with Crippen molar-refractivity contribution in [1.29, 1.82) is 0 Å². The third-order valence-electron chi connectivity index (χ3n) is 5.97. The van der Waals surface area contributed by atoms with E-state index in [0.717, 1.165) is 0 Å². The zero-order valence-corrected chi connectivity index (χ0v) is 21.0. The van der Waals surface area contributed by atoms with E-state index in [2.05, 4.69) is 11.2 Å². The normalized spacial score (nSPS) is 30.1. The van der Waals surface area contributed by atoms with Gasteiger partial charge in [0.1, 0.15) is 36.6 Å². The van der Waals surface area contributed by atoms with Gasteiger partial charge in [-0.15, -0.1) is 6.42 Å². The number of hydrogen-bond donors (Lipinski definition) is 11. The van der Waals surface area contributed by atoms with E-state index in [1.165, 1.54) is 6.92 Å². The van der Waals surface area contributed by atoms with Crippen LogP contribution < -0.4 is 22.5 Å². The van der Waals surface area contributed by atoms with Gasteiger partial charge in [0.15, 0.2) is 12.6 Å². The van der Waals surface area contributed by atoms with Gasteiger partial charge in [-0.1, -0.05) is 5.92 Å². The Bertz CT molecular complexity index is 657. The fourth-order valence-electron chi connectivity index (χ4n) is 3.66. The van der Waals surface area contributed by atoms with Gasteiger partial charge in [-0.25, -0.2) is 0 Å². The molecule has 0 spiro atoms. The molecule has 0 saturated carbocycles. The summed E-state index contributed by atoms with van der Waals surface area (Å²) in [5.41, 5.74) is 17.6. The van der Waals surface area contributed by atoms with Crippen LogP contribution in [-0.2, 0) is 18.9 Å². The molecule has 12 atom stereocenters. The van der Waals surface area contributed by atoms with Crippen LogP contribution in [0.5, 0.6) is 0 Å². The molecule has 218 valence electrons. The predicted octanol–water partition coefficient (Wildman–Crippen LogP) is -6.14. The number of aliphatic hydroxyl groups excluding tert-OH is 7. The Morgan fingerprint density at radius 3 is 2.24 bits per heavy atom. The molecule has 1 aliphatic rings. The lowest BCUT2D eigenvalue weighted by molar-refractivity contribution is -0.277. The molecular formula is C22H44N4O11. The van der Waals surface area contributed by atoms with Crippen LogP contribution in [0.15, 0.2) is 0 Å². The first kappa shape index (κ1) is 34.0. The van der Waals surface area contributed by atoms with E-state index in [-0.39, 0.29) is 26.1 Å². The van der Waals surface area contributed by atoms with Crippen molar-refractivity contribution in [3.05, 3.63) is 0 Å². The lowest BCUT2D eigenvalue weighted by Gasteiger charge is -2.40. The minimum absolute atomic E-state index is 0.0928. The Labute approximate surface area is 216 Å². The monoisotopic (exact) mass is 540 g/mol. The largest absolute Gasteiger partial charge is 0.394 e. The minimum atomic E-state index is -1.37.